The van der Waals surface area contributed by atoms with Crippen molar-refractivity contribution in [3.05, 3.63) is 68.9 Å². The lowest BCUT2D eigenvalue weighted by Gasteiger charge is -2.33. The maximum Gasteiger partial charge on any atom is 0.255 e. The van der Waals surface area contributed by atoms with Crippen LogP contribution in [0, 0.1) is 5.82 Å². The van der Waals surface area contributed by atoms with Crippen LogP contribution in [0.15, 0.2) is 46.9 Å². The summed E-state index contributed by atoms with van der Waals surface area (Å²) in [5.74, 6) is -0.426. The van der Waals surface area contributed by atoms with Crippen LogP contribution in [0.25, 0.3) is 0 Å². The van der Waals surface area contributed by atoms with Gasteiger partial charge in [0.25, 0.3) is 5.91 Å². The number of hydrogen-bond acceptors (Lipinski definition) is 2. The summed E-state index contributed by atoms with van der Waals surface area (Å²) in [4.78, 5) is 14.4. The SMILES string of the molecule is O=C(c1cc(Br)ccc1Cl)N1CCOC(c2ccc(F)cc2)C1. The molecule has 0 saturated carbocycles. The van der Waals surface area contributed by atoms with Crippen LogP contribution in [0.2, 0.25) is 5.02 Å². The Labute approximate surface area is 147 Å². The second-order valence-electron chi connectivity index (χ2n) is 5.29. The highest BCUT2D eigenvalue weighted by Crippen LogP contribution is 2.26. The zero-order valence-corrected chi connectivity index (χ0v) is 14.5. The van der Waals surface area contributed by atoms with Gasteiger partial charge in [0.2, 0.25) is 0 Å². The van der Waals surface area contributed by atoms with E-state index in [0.717, 1.165) is 10.0 Å². The molecule has 0 aliphatic carbocycles. The molecule has 1 aliphatic heterocycles. The van der Waals surface area contributed by atoms with Crippen LogP contribution in [0.3, 0.4) is 0 Å². The molecule has 6 heteroatoms. The van der Waals surface area contributed by atoms with Crippen molar-refractivity contribution in [2.75, 3.05) is 19.7 Å². The summed E-state index contributed by atoms with van der Waals surface area (Å²) in [5.41, 5.74) is 1.31. The van der Waals surface area contributed by atoms with Crippen LogP contribution >= 0.6 is 27.5 Å². The van der Waals surface area contributed by atoms with Gasteiger partial charge in [-0.1, -0.05) is 39.7 Å². The van der Waals surface area contributed by atoms with Gasteiger partial charge in [0.05, 0.1) is 23.7 Å². The largest absolute Gasteiger partial charge is 0.370 e. The molecule has 2 aromatic carbocycles. The average molecular weight is 399 g/mol. The summed E-state index contributed by atoms with van der Waals surface area (Å²) >= 11 is 9.49. The first-order valence-electron chi connectivity index (χ1n) is 7.16. The molecule has 1 heterocycles. The molecule has 3 rings (SSSR count). The van der Waals surface area contributed by atoms with Crippen molar-refractivity contribution in [2.45, 2.75) is 6.10 Å². The van der Waals surface area contributed by atoms with Gasteiger partial charge in [-0.25, -0.2) is 4.39 Å². The smallest absolute Gasteiger partial charge is 0.255 e. The van der Waals surface area contributed by atoms with E-state index >= 15 is 0 Å². The van der Waals surface area contributed by atoms with E-state index in [0.29, 0.717) is 30.3 Å². The number of ether oxygens (including phenoxy) is 1. The van der Waals surface area contributed by atoms with Crippen LogP contribution in [-0.4, -0.2) is 30.5 Å². The number of amides is 1. The van der Waals surface area contributed by atoms with Crippen LogP contribution in [0.4, 0.5) is 4.39 Å². The number of carbonyl (C=O) groups is 1. The van der Waals surface area contributed by atoms with Crippen LogP contribution in [0.5, 0.6) is 0 Å². The molecule has 2 aromatic rings. The van der Waals surface area contributed by atoms with E-state index in [1.807, 2.05) is 0 Å². The maximum atomic E-state index is 13.0. The third kappa shape index (κ3) is 3.74. The number of hydrogen-bond donors (Lipinski definition) is 0. The van der Waals surface area contributed by atoms with Crippen molar-refractivity contribution in [1.29, 1.82) is 0 Å². The van der Waals surface area contributed by atoms with Crippen LogP contribution < -0.4 is 0 Å². The van der Waals surface area contributed by atoms with E-state index in [9.17, 15) is 9.18 Å². The molecule has 23 heavy (non-hydrogen) atoms. The van der Waals surface area contributed by atoms with Gasteiger partial charge in [0.15, 0.2) is 0 Å². The highest BCUT2D eigenvalue weighted by atomic mass is 79.9. The van der Waals surface area contributed by atoms with E-state index in [4.69, 9.17) is 16.3 Å². The van der Waals surface area contributed by atoms with Crippen molar-refractivity contribution in [1.82, 2.24) is 4.90 Å². The van der Waals surface area contributed by atoms with Crippen molar-refractivity contribution in [2.24, 2.45) is 0 Å². The highest BCUT2D eigenvalue weighted by Gasteiger charge is 2.27. The number of morpholine rings is 1. The van der Waals surface area contributed by atoms with Gasteiger partial charge in [-0.2, -0.15) is 0 Å². The number of benzene rings is 2. The monoisotopic (exact) mass is 397 g/mol. The quantitative estimate of drug-likeness (QED) is 0.748. The molecule has 0 N–H and O–H groups in total. The second-order valence-corrected chi connectivity index (χ2v) is 6.61. The molecular formula is C17H14BrClFNO2. The predicted octanol–water partition coefficient (Wildman–Crippen LogP) is 4.46. The Morgan fingerprint density at radius 1 is 1.26 bits per heavy atom. The van der Waals surface area contributed by atoms with Gasteiger partial charge in [0.1, 0.15) is 11.9 Å². The van der Waals surface area contributed by atoms with E-state index in [2.05, 4.69) is 15.9 Å². The molecule has 1 amide bonds. The Kier molecular flexibility index (Phi) is 4.99. The number of nitrogens with zero attached hydrogens (tertiary/aromatic N) is 1. The average Bonchev–Trinajstić information content (AvgIpc) is 2.57. The number of carbonyl (C=O) groups excluding carboxylic acids is 1. The van der Waals surface area contributed by atoms with Crippen LogP contribution in [-0.2, 0) is 4.74 Å². The number of rotatable bonds is 2. The second kappa shape index (κ2) is 6.99. The van der Waals surface area contributed by atoms with Crippen molar-refractivity contribution >= 4 is 33.4 Å². The third-order valence-electron chi connectivity index (χ3n) is 3.75. The molecule has 0 aromatic heterocycles. The lowest BCUT2D eigenvalue weighted by Crippen LogP contribution is -2.42. The summed E-state index contributed by atoms with van der Waals surface area (Å²) in [6.07, 6.45) is -0.265. The first-order chi connectivity index (χ1) is 11.0. The third-order valence-corrected chi connectivity index (χ3v) is 4.58. The molecular weight excluding hydrogens is 385 g/mol. The molecule has 1 unspecified atom stereocenters. The molecule has 0 bridgehead atoms. The maximum absolute atomic E-state index is 13.0. The molecule has 1 saturated heterocycles. The van der Waals surface area contributed by atoms with Crippen LogP contribution in [0.1, 0.15) is 22.0 Å². The summed E-state index contributed by atoms with van der Waals surface area (Å²) in [6.45, 7) is 1.34. The standard InChI is InChI=1S/C17H14BrClFNO2/c18-12-3-6-15(19)14(9-12)17(22)21-7-8-23-16(10-21)11-1-4-13(20)5-2-11/h1-6,9,16H,7-8,10H2. The molecule has 1 fully saturated rings. The van der Waals surface area contributed by atoms with Gasteiger partial charge < -0.3 is 9.64 Å². The fourth-order valence-corrected chi connectivity index (χ4v) is 3.10. The summed E-state index contributed by atoms with van der Waals surface area (Å²) in [5, 5.41) is 0.419. The van der Waals surface area contributed by atoms with Gasteiger partial charge >= 0.3 is 0 Å². The summed E-state index contributed by atoms with van der Waals surface area (Å²) < 4.78 is 19.6. The summed E-state index contributed by atoms with van der Waals surface area (Å²) in [6, 6.07) is 11.3. The minimum absolute atomic E-state index is 0.133. The molecule has 3 nitrogen and oxygen atoms in total. The van der Waals surface area contributed by atoms with Crippen molar-refractivity contribution in [3.8, 4) is 0 Å². The van der Waals surface area contributed by atoms with Gasteiger partial charge in [-0.05, 0) is 35.9 Å². The van der Waals surface area contributed by atoms with Gasteiger partial charge in [-0.15, -0.1) is 0 Å². The van der Waals surface area contributed by atoms with E-state index in [-0.39, 0.29) is 17.8 Å². The topological polar surface area (TPSA) is 29.5 Å². The lowest BCUT2D eigenvalue weighted by atomic mass is 10.1. The zero-order valence-electron chi connectivity index (χ0n) is 12.1. The minimum atomic E-state index is -0.293. The Hall–Kier alpha value is -1.43. The van der Waals surface area contributed by atoms with Crippen molar-refractivity contribution < 1.29 is 13.9 Å². The van der Waals surface area contributed by atoms with Gasteiger partial charge in [-0.3, -0.25) is 4.79 Å². The molecule has 1 aliphatic rings. The summed E-state index contributed by atoms with van der Waals surface area (Å²) in [7, 11) is 0. The van der Waals surface area contributed by atoms with Crippen molar-refractivity contribution in [3.63, 3.8) is 0 Å². The van der Waals surface area contributed by atoms with Gasteiger partial charge in [0, 0.05) is 11.0 Å². The van der Waals surface area contributed by atoms with E-state index in [1.54, 1.807) is 35.2 Å². The Morgan fingerprint density at radius 2 is 2.00 bits per heavy atom. The highest BCUT2D eigenvalue weighted by molar-refractivity contribution is 9.10. The first kappa shape index (κ1) is 16.4. The molecule has 0 radical (unpaired) electrons. The predicted molar refractivity (Wildman–Crippen MR) is 90.1 cm³/mol. The molecule has 120 valence electrons. The zero-order chi connectivity index (χ0) is 16.4. The van der Waals surface area contributed by atoms with E-state index in [1.165, 1.54) is 12.1 Å². The Bertz CT molecular complexity index is 723. The normalized spacial score (nSPS) is 18.0. The fourth-order valence-electron chi connectivity index (χ4n) is 2.54. The number of halogens is 3. The Balaban J connectivity index is 1.79. The lowest BCUT2D eigenvalue weighted by molar-refractivity contribution is -0.0228. The van der Waals surface area contributed by atoms with E-state index < -0.39 is 0 Å². The fraction of sp³-hybridized carbons (Fsp3) is 0.235. The minimum Gasteiger partial charge on any atom is -0.370 e. The first-order valence-corrected chi connectivity index (χ1v) is 8.33. The molecule has 0 spiro atoms. The Morgan fingerprint density at radius 3 is 2.74 bits per heavy atom. The molecule has 1 atom stereocenters.